The number of hydrogen-bond donors (Lipinski definition) is 0. The van der Waals surface area contributed by atoms with Gasteiger partial charge in [-0.2, -0.15) is 0 Å². The summed E-state index contributed by atoms with van der Waals surface area (Å²) >= 11 is 0. The molecule has 3 saturated carbocycles. The van der Waals surface area contributed by atoms with E-state index in [1.165, 1.54) is 5.57 Å². The summed E-state index contributed by atoms with van der Waals surface area (Å²) in [5.74, 6) is 2.05. The molecule has 0 unspecified atom stereocenters. The van der Waals surface area contributed by atoms with E-state index in [-0.39, 0.29) is 40.4 Å². The molecule has 0 spiro atoms. The van der Waals surface area contributed by atoms with Gasteiger partial charge in [-0.3, -0.25) is 8.98 Å². The summed E-state index contributed by atoms with van der Waals surface area (Å²) in [4.78, 5) is 12.4. The van der Waals surface area contributed by atoms with Gasteiger partial charge in [0.1, 0.15) is 5.78 Å². The molecule has 0 saturated heterocycles. The molecule has 7 heteroatoms. The van der Waals surface area contributed by atoms with E-state index in [1.807, 2.05) is 0 Å². The summed E-state index contributed by atoms with van der Waals surface area (Å²) in [6.07, 6.45) is 8.55. The fourth-order valence-corrected chi connectivity index (χ4v) is 7.14. The molecule has 0 aromatic carbocycles. The van der Waals surface area contributed by atoms with Gasteiger partial charge in [0.25, 0.3) is 0 Å². The molecule has 4 aliphatic rings. The first-order valence-electron chi connectivity index (χ1n) is 9.50. The monoisotopic (exact) mass is 390 g/mol. The minimum absolute atomic E-state index is 0. The number of fused-ring (bicyclic) bond motifs is 5. The Balaban J connectivity index is 0.00000196. The SMILES string of the molecule is C[C@@]12CC[C@H]3[C@@H](CC=C4C[C@H](OS(=O)(=O)[O-])CC[C@]43C)[C@H]1CCC2=O.[Na+]. The maximum Gasteiger partial charge on any atom is 1.00 e. The first-order chi connectivity index (χ1) is 11.6. The molecule has 0 aliphatic heterocycles. The summed E-state index contributed by atoms with van der Waals surface area (Å²) in [7, 11) is -4.65. The van der Waals surface area contributed by atoms with Crippen molar-refractivity contribution >= 4 is 16.2 Å². The van der Waals surface area contributed by atoms with Crippen molar-refractivity contribution in [3.63, 3.8) is 0 Å². The summed E-state index contributed by atoms with van der Waals surface area (Å²) in [6, 6.07) is 0. The van der Waals surface area contributed by atoms with E-state index in [0.717, 1.165) is 38.5 Å². The fourth-order valence-electron chi connectivity index (χ4n) is 6.65. The molecule has 5 nitrogen and oxygen atoms in total. The third kappa shape index (κ3) is 3.29. The number of ketones is 1. The third-order valence-electron chi connectivity index (χ3n) is 8.02. The Morgan fingerprint density at radius 3 is 2.46 bits per heavy atom. The van der Waals surface area contributed by atoms with E-state index in [9.17, 15) is 17.8 Å². The van der Waals surface area contributed by atoms with Crippen LogP contribution in [0.25, 0.3) is 0 Å². The Bertz CT molecular complexity index is 732. The molecule has 26 heavy (non-hydrogen) atoms. The van der Waals surface area contributed by atoms with Gasteiger partial charge in [-0.05, 0) is 68.1 Å². The van der Waals surface area contributed by atoms with Gasteiger partial charge in [0.15, 0.2) is 0 Å². The Morgan fingerprint density at radius 1 is 1.12 bits per heavy atom. The minimum Gasteiger partial charge on any atom is -0.726 e. The number of allylic oxidation sites excluding steroid dienone is 1. The standard InChI is InChI=1S/C19H28O5S.Na/c1-18-9-7-13(24-25(21,22)23)11-12(18)3-4-14-15-5-6-17(20)19(15,2)10-8-16(14)18;/h3,13-16H,4-11H2,1-2H3,(H,21,22,23);/q;+1/p-1/t13-,14+,15-,16+,18-,19-;/m1./s1. The summed E-state index contributed by atoms with van der Waals surface area (Å²) < 4.78 is 37.5. The van der Waals surface area contributed by atoms with Gasteiger partial charge in [-0.15, -0.1) is 0 Å². The van der Waals surface area contributed by atoms with E-state index in [0.29, 0.717) is 36.4 Å². The molecule has 3 fully saturated rings. The van der Waals surface area contributed by atoms with Crippen LogP contribution in [0.1, 0.15) is 65.2 Å². The van der Waals surface area contributed by atoms with Crippen LogP contribution in [0.5, 0.6) is 0 Å². The number of hydrogen-bond acceptors (Lipinski definition) is 5. The molecule has 0 heterocycles. The molecule has 4 aliphatic carbocycles. The largest absolute Gasteiger partial charge is 1.00 e. The van der Waals surface area contributed by atoms with Crippen molar-refractivity contribution in [2.24, 2.45) is 28.6 Å². The molecule has 0 aromatic rings. The van der Waals surface area contributed by atoms with Gasteiger partial charge in [0.2, 0.25) is 10.4 Å². The van der Waals surface area contributed by atoms with Gasteiger partial charge >= 0.3 is 29.6 Å². The second-order valence-corrected chi connectivity index (χ2v) is 10.1. The maximum absolute atomic E-state index is 12.4. The van der Waals surface area contributed by atoms with Gasteiger partial charge in [0, 0.05) is 11.8 Å². The van der Waals surface area contributed by atoms with Crippen molar-refractivity contribution in [1.29, 1.82) is 0 Å². The van der Waals surface area contributed by atoms with E-state index in [2.05, 4.69) is 19.9 Å². The van der Waals surface area contributed by atoms with Gasteiger partial charge < -0.3 is 4.55 Å². The van der Waals surface area contributed by atoms with Crippen molar-refractivity contribution < 1.29 is 51.5 Å². The maximum atomic E-state index is 12.4. The zero-order valence-corrected chi connectivity index (χ0v) is 18.8. The number of Topliss-reactive ketones (excluding diaryl/α,β-unsaturated/α-hetero) is 1. The van der Waals surface area contributed by atoms with Crippen LogP contribution in [-0.4, -0.2) is 24.9 Å². The molecule has 0 aromatic heterocycles. The van der Waals surface area contributed by atoms with E-state index in [4.69, 9.17) is 4.18 Å². The molecule has 0 N–H and O–H groups in total. The molecule has 0 radical (unpaired) electrons. The molecule has 140 valence electrons. The van der Waals surface area contributed by atoms with E-state index in [1.54, 1.807) is 0 Å². The van der Waals surface area contributed by atoms with Crippen molar-refractivity contribution in [3.8, 4) is 0 Å². The average Bonchev–Trinajstić information content (AvgIpc) is 2.82. The molecule has 0 bridgehead atoms. The van der Waals surface area contributed by atoms with E-state index < -0.39 is 16.5 Å². The van der Waals surface area contributed by atoms with Crippen molar-refractivity contribution in [2.45, 2.75) is 71.3 Å². The summed E-state index contributed by atoms with van der Waals surface area (Å²) in [6.45, 7) is 4.48. The smallest absolute Gasteiger partial charge is 0.726 e. The normalized spacial score (nSPS) is 45.0. The van der Waals surface area contributed by atoms with Crippen molar-refractivity contribution in [1.82, 2.24) is 0 Å². The molecular weight excluding hydrogens is 363 g/mol. The predicted molar refractivity (Wildman–Crippen MR) is 91.3 cm³/mol. The van der Waals surface area contributed by atoms with E-state index >= 15 is 0 Å². The van der Waals surface area contributed by atoms with Crippen LogP contribution >= 0.6 is 0 Å². The predicted octanol–water partition coefficient (Wildman–Crippen LogP) is 0.368. The second-order valence-electron chi connectivity index (χ2n) is 9.05. The Kier molecular flexibility index (Phi) is 5.62. The summed E-state index contributed by atoms with van der Waals surface area (Å²) in [5, 5.41) is 0. The summed E-state index contributed by atoms with van der Waals surface area (Å²) in [5.41, 5.74) is 1.20. The van der Waals surface area contributed by atoms with Crippen LogP contribution in [0.15, 0.2) is 11.6 Å². The first kappa shape index (κ1) is 21.0. The van der Waals surface area contributed by atoms with Crippen LogP contribution in [0, 0.1) is 28.6 Å². The zero-order valence-electron chi connectivity index (χ0n) is 16.0. The number of rotatable bonds is 2. The fraction of sp³-hybridized carbons (Fsp3) is 0.842. The first-order valence-corrected chi connectivity index (χ1v) is 10.8. The molecular formula is C19H27NaO5S. The second kappa shape index (κ2) is 6.96. The van der Waals surface area contributed by atoms with Crippen molar-refractivity contribution in [2.75, 3.05) is 0 Å². The Labute approximate surface area is 178 Å². The van der Waals surface area contributed by atoms with Gasteiger partial charge in [0.05, 0.1) is 6.10 Å². The quantitative estimate of drug-likeness (QED) is 0.294. The van der Waals surface area contributed by atoms with Crippen LogP contribution in [0.3, 0.4) is 0 Å². The number of carbonyl (C=O) groups is 1. The topological polar surface area (TPSA) is 83.5 Å². The minimum atomic E-state index is -4.65. The van der Waals surface area contributed by atoms with Crippen LogP contribution < -0.4 is 29.6 Å². The zero-order chi connectivity index (χ0) is 18.0. The van der Waals surface area contributed by atoms with Crippen LogP contribution in [0.2, 0.25) is 0 Å². The third-order valence-corrected chi connectivity index (χ3v) is 8.53. The number of carbonyl (C=O) groups excluding carboxylic acids is 1. The molecule has 6 atom stereocenters. The Hall–Kier alpha value is 0.280. The average molecular weight is 390 g/mol. The van der Waals surface area contributed by atoms with Gasteiger partial charge in [-0.25, -0.2) is 8.42 Å². The molecule has 4 rings (SSSR count). The Morgan fingerprint density at radius 2 is 1.77 bits per heavy atom. The van der Waals surface area contributed by atoms with Crippen LogP contribution in [0.4, 0.5) is 0 Å². The van der Waals surface area contributed by atoms with Crippen molar-refractivity contribution in [3.05, 3.63) is 11.6 Å². The van der Waals surface area contributed by atoms with Crippen LogP contribution in [-0.2, 0) is 19.4 Å². The molecule has 0 amide bonds. The van der Waals surface area contributed by atoms with Gasteiger partial charge in [-0.1, -0.05) is 25.5 Å².